The maximum absolute atomic E-state index is 12.3. The molecule has 2 unspecified atom stereocenters. The maximum Gasteiger partial charge on any atom is 0.155 e. The number of nitrogens with one attached hydrogen (secondary N) is 1. The molecule has 4 nitrogen and oxygen atoms in total. The van der Waals surface area contributed by atoms with E-state index in [4.69, 9.17) is 4.74 Å². The molecule has 0 radical (unpaired) electrons. The van der Waals surface area contributed by atoms with Crippen molar-refractivity contribution in [2.24, 2.45) is 0 Å². The topological polar surface area (TPSA) is 55.4 Å². The molecule has 1 heterocycles. The first-order valence-electron chi connectivity index (χ1n) is 6.72. The lowest BCUT2D eigenvalue weighted by Crippen LogP contribution is -2.39. The van der Waals surface area contributed by atoms with Crippen LogP contribution in [0.5, 0.6) is 5.75 Å². The van der Waals surface area contributed by atoms with E-state index in [2.05, 4.69) is 21.2 Å². The highest BCUT2D eigenvalue weighted by Crippen LogP contribution is 2.34. The number of halogens is 1. The zero-order valence-corrected chi connectivity index (χ0v) is 14.1. The molecule has 2 atom stereocenters. The Bertz CT molecular complexity index is 574. The van der Waals surface area contributed by atoms with Crippen molar-refractivity contribution < 1.29 is 13.2 Å². The van der Waals surface area contributed by atoms with Gasteiger partial charge in [-0.1, -0.05) is 12.5 Å². The number of rotatable bonds is 4. The van der Waals surface area contributed by atoms with E-state index in [9.17, 15) is 8.42 Å². The summed E-state index contributed by atoms with van der Waals surface area (Å²) in [6.45, 7) is 0. The minimum atomic E-state index is -3.02. The maximum atomic E-state index is 12.3. The summed E-state index contributed by atoms with van der Waals surface area (Å²) in [6.07, 6.45) is 2.47. The fraction of sp³-hybridized carbons (Fsp3) is 0.571. The average molecular weight is 362 g/mol. The van der Waals surface area contributed by atoms with Gasteiger partial charge in [-0.2, -0.15) is 0 Å². The van der Waals surface area contributed by atoms with Crippen LogP contribution in [0.1, 0.15) is 30.9 Å². The smallest absolute Gasteiger partial charge is 0.155 e. The van der Waals surface area contributed by atoms with Crippen molar-refractivity contribution in [3.63, 3.8) is 0 Å². The second-order valence-corrected chi connectivity index (χ2v) is 8.26. The summed E-state index contributed by atoms with van der Waals surface area (Å²) >= 11 is 3.46. The average Bonchev–Trinajstić information content (AvgIpc) is 2.41. The zero-order valence-electron chi connectivity index (χ0n) is 11.7. The Kier molecular flexibility index (Phi) is 5.09. The first-order chi connectivity index (χ1) is 9.49. The van der Waals surface area contributed by atoms with Gasteiger partial charge < -0.3 is 10.1 Å². The largest absolute Gasteiger partial charge is 0.496 e. The monoisotopic (exact) mass is 361 g/mol. The molecule has 1 fully saturated rings. The molecule has 1 aromatic carbocycles. The van der Waals surface area contributed by atoms with E-state index in [-0.39, 0.29) is 11.3 Å². The SMILES string of the molecule is CNC(c1ccc(OC)c(Br)c1)C1CCCCS1(=O)=O. The molecular weight excluding hydrogens is 342 g/mol. The van der Waals surface area contributed by atoms with Crippen molar-refractivity contribution in [2.45, 2.75) is 30.6 Å². The number of sulfone groups is 1. The summed E-state index contributed by atoms with van der Waals surface area (Å²) in [7, 11) is 0.404. The van der Waals surface area contributed by atoms with Crippen LogP contribution in [0.3, 0.4) is 0 Å². The molecule has 0 saturated carbocycles. The number of ether oxygens (including phenoxy) is 1. The molecule has 0 spiro atoms. The lowest BCUT2D eigenvalue weighted by Gasteiger charge is -2.30. The number of benzene rings is 1. The minimum absolute atomic E-state index is 0.178. The molecule has 1 aliphatic heterocycles. The summed E-state index contributed by atoms with van der Waals surface area (Å²) in [5, 5.41) is 2.82. The van der Waals surface area contributed by atoms with Crippen LogP contribution in [0.15, 0.2) is 22.7 Å². The van der Waals surface area contributed by atoms with Gasteiger partial charge in [0.05, 0.1) is 22.6 Å². The molecule has 112 valence electrons. The van der Waals surface area contributed by atoms with Crippen LogP contribution in [0.25, 0.3) is 0 Å². The fourth-order valence-electron chi connectivity index (χ4n) is 2.80. The Morgan fingerprint density at radius 1 is 1.40 bits per heavy atom. The van der Waals surface area contributed by atoms with Crippen molar-refractivity contribution in [1.29, 1.82) is 0 Å². The van der Waals surface area contributed by atoms with Gasteiger partial charge >= 0.3 is 0 Å². The molecule has 0 aliphatic carbocycles. The molecule has 0 aromatic heterocycles. The third-order valence-electron chi connectivity index (χ3n) is 3.85. The molecule has 2 rings (SSSR count). The minimum Gasteiger partial charge on any atom is -0.496 e. The van der Waals surface area contributed by atoms with Gasteiger partial charge in [0.2, 0.25) is 0 Å². The predicted molar refractivity (Wildman–Crippen MR) is 83.9 cm³/mol. The Balaban J connectivity index is 2.34. The van der Waals surface area contributed by atoms with Crippen LogP contribution in [0, 0.1) is 0 Å². The number of hydrogen-bond donors (Lipinski definition) is 1. The van der Waals surface area contributed by atoms with Gasteiger partial charge in [0.15, 0.2) is 9.84 Å². The van der Waals surface area contributed by atoms with Gasteiger partial charge in [0, 0.05) is 6.04 Å². The van der Waals surface area contributed by atoms with Gasteiger partial charge in [-0.15, -0.1) is 0 Å². The third kappa shape index (κ3) is 3.18. The number of methoxy groups -OCH3 is 1. The van der Waals surface area contributed by atoms with Gasteiger partial charge in [-0.25, -0.2) is 8.42 Å². The highest BCUT2D eigenvalue weighted by atomic mass is 79.9. The van der Waals surface area contributed by atoms with Crippen LogP contribution >= 0.6 is 15.9 Å². The molecule has 1 aromatic rings. The van der Waals surface area contributed by atoms with Gasteiger partial charge in [-0.05, 0) is 53.5 Å². The standard InChI is InChI=1S/C14H20BrNO3S/c1-16-14(13-5-3-4-8-20(13,17)18)10-6-7-12(19-2)11(15)9-10/h6-7,9,13-14,16H,3-5,8H2,1-2H3. The Morgan fingerprint density at radius 2 is 2.15 bits per heavy atom. The van der Waals surface area contributed by atoms with Gasteiger partial charge in [0.1, 0.15) is 5.75 Å². The highest BCUT2D eigenvalue weighted by molar-refractivity contribution is 9.10. The second-order valence-electron chi connectivity index (χ2n) is 5.06. The summed E-state index contributed by atoms with van der Waals surface area (Å²) in [5.41, 5.74) is 0.968. The summed E-state index contributed by atoms with van der Waals surface area (Å²) in [6, 6.07) is 5.54. The molecule has 6 heteroatoms. The molecule has 0 bridgehead atoms. The molecule has 20 heavy (non-hydrogen) atoms. The molecule has 1 N–H and O–H groups in total. The normalized spacial score (nSPS) is 23.2. The first kappa shape index (κ1) is 15.8. The lowest BCUT2D eigenvalue weighted by atomic mass is 9.99. The van der Waals surface area contributed by atoms with Crippen LogP contribution in [0.4, 0.5) is 0 Å². The predicted octanol–water partition coefficient (Wildman–Crippen LogP) is 2.69. The molecular formula is C14H20BrNO3S. The molecule has 0 amide bonds. The van der Waals surface area contributed by atoms with Crippen LogP contribution in [0.2, 0.25) is 0 Å². The van der Waals surface area contributed by atoms with Crippen LogP contribution < -0.4 is 10.1 Å². The Hall–Kier alpha value is -0.590. The summed E-state index contributed by atoms with van der Waals surface area (Å²) in [4.78, 5) is 0. The summed E-state index contributed by atoms with van der Waals surface area (Å²) in [5.74, 6) is 1.04. The van der Waals surface area contributed by atoms with E-state index in [1.165, 1.54) is 0 Å². The summed E-state index contributed by atoms with van der Waals surface area (Å²) < 4.78 is 30.6. The zero-order chi connectivity index (χ0) is 14.8. The van der Waals surface area contributed by atoms with E-state index in [0.29, 0.717) is 5.75 Å². The van der Waals surface area contributed by atoms with Crippen molar-refractivity contribution in [2.75, 3.05) is 19.9 Å². The van der Waals surface area contributed by atoms with E-state index in [1.807, 2.05) is 25.2 Å². The Morgan fingerprint density at radius 3 is 2.70 bits per heavy atom. The van der Waals surface area contributed by atoms with E-state index >= 15 is 0 Å². The van der Waals surface area contributed by atoms with Crippen molar-refractivity contribution in [1.82, 2.24) is 5.32 Å². The quantitative estimate of drug-likeness (QED) is 0.895. The number of hydrogen-bond acceptors (Lipinski definition) is 4. The van der Waals surface area contributed by atoms with Crippen molar-refractivity contribution in [3.05, 3.63) is 28.2 Å². The molecule has 1 saturated heterocycles. The van der Waals surface area contributed by atoms with E-state index < -0.39 is 9.84 Å². The van der Waals surface area contributed by atoms with E-state index in [1.54, 1.807) is 7.11 Å². The van der Waals surface area contributed by atoms with Crippen molar-refractivity contribution in [3.8, 4) is 5.75 Å². The van der Waals surface area contributed by atoms with E-state index in [0.717, 1.165) is 35.0 Å². The first-order valence-corrected chi connectivity index (χ1v) is 9.22. The third-order valence-corrected chi connectivity index (χ3v) is 6.75. The second kappa shape index (κ2) is 6.45. The fourth-order valence-corrected chi connectivity index (χ4v) is 5.50. The van der Waals surface area contributed by atoms with Gasteiger partial charge in [0.25, 0.3) is 0 Å². The van der Waals surface area contributed by atoms with Gasteiger partial charge in [-0.3, -0.25) is 0 Å². The lowest BCUT2D eigenvalue weighted by molar-refractivity contribution is 0.411. The van der Waals surface area contributed by atoms with Crippen molar-refractivity contribution >= 4 is 25.8 Å². The van der Waals surface area contributed by atoms with Crippen LogP contribution in [-0.4, -0.2) is 33.6 Å². The molecule has 1 aliphatic rings. The highest BCUT2D eigenvalue weighted by Gasteiger charge is 2.35. The Labute approximate surface area is 129 Å². The van der Waals surface area contributed by atoms with Crippen LogP contribution in [-0.2, 0) is 9.84 Å².